The molecular formula is C20H17N3O5S2. The van der Waals surface area contributed by atoms with Crippen LogP contribution in [0.1, 0.15) is 10.4 Å². The zero-order valence-corrected chi connectivity index (χ0v) is 17.2. The van der Waals surface area contributed by atoms with Crippen LogP contribution < -0.4 is 14.9 Å². The molecule has 0 saturated carbocycles. The standard InChI is InChI=1S/C20H17N3O5S2/c24-19(21-16-4-1-2-5-17(16)23-11-12-28-20(23)25)14-7-9-15(10-8-14)22-30(26,27)18-6-3-13-29-18/h1-10,13,22H,11-12H2,(H,21,24). The van der Waals surface area contributed by atoms with Crippen molar-refractivity contribution < 1.29 is 22.7 Å². The van der Waals surface area contributed by atoms with Crippen molar-refractivity contribution in [1.29, 1.82) is 0 Å². The molecule has 2 heterocycles. The summed E-state index contributed by atoms with van der Waals surface area (Å²) in [6.45, 7) is 0.703. The molecule has 1 fully saturated rings. The van der Waals surface area contributed by atoms with Gasteiger partial charge in [0.25, 0.3) is 15.9 Å². The lowest BCUT2D eigenvalue weighted by molar-refractivity contribution is 0.102. The van der Waals surface area contributed by atoms with Crippen molar-refractivity contribution in [3.63, 3.8) is 0 Å². The lowest BCUT2D eigenvalue weighted by atomic mass is 10.2. The average molecular weight is 444 g/mol. The van der Waals surface area contributed by atoms with Crippen LogP contribution in [0.4, 0.5) is 21.9 Å². The van der Waals surface area contributed by atoms with Crippen molar-refractivity contribution in [3.8, 4) is 0 Å². The lowest BCUT2D eigenvalue weighted by Crippen LogP contribution is -2.25. The van der Waals surface area contributed by atoms with Crippen LogP contribution >= 0.6 is 11.3 Å². The van der Waals surface area contributed by atoms with Gasteiger partial charge in [0.2, 0.25) is 0 Å². The molecule has 1 saturated heterocycles. The molecule has 30 heavy (non-hydrogen) atoms. The summed E-state index contributed by atoms with van der Waals surface area (Å²) in [5.41, 5.74) is 1.71. The monoisotopic (exact) mass is 443 g/mol. The molecule has 2 N–H and O–H groups in total. The fourth-order valence-corrected chi connectivity index (χ4v) is 4.98. The Morgan fingerprint density at radius 3 is 2.47 bits per heavy atom. The number of anilines is 3. The molecule has 10 heteroatoms. The number of hydrogen-bond donors (Lipinski definition) is 2. The highest BCUT2D eigenvalue weighted by Gasteiger charge is 2.26. The maximum Gasteiger partial charge on any atom is 0.414 e. The minimum absolute atomic E-state index is 0.210. The number of carbonyl (C=O) groups is 2. The molecule has 8 nitrogen and oxygen atoms in total. The van der Waals surface area contributed by atoms with Crippen LogP contribution in [0.25, 0.3) is 0 Å². The normalized spacial score (nSPS) is 13.7. The first-order chi connectivity index (χ1) is 14.4. The van der Waals surface area contributed by atoms with Gasteiger partial charge < -0.3 is 10.1 Å². The first-order valence-electron chi connectivity index (χ1n) is 8.95. The molecule has 0 unspecified atom stereocenters. The Labute approximate surface area is 177 Å². The van der Waals surface area contributed by atoms with E-state index in [0.29, 0.717) is 35.8 Å². The number of hydrogen-bond acceptors (Lipinski definition) is 6. The molecule has 1 aliphatic heterocycles. The summed E-state index contributed by atoms with van der Waals surface area (Å²) in [7, 11) is -3.65. The van der Waals surface area contributed by atoms with Crippen LogP contribution in [0.15, 0.2) is 70.3 Å². The number of cyclic esters (lactones) is 1. The van der Waals surface area contributed by atoms with Crippen molar-refractivity contribution in [1.82, 2.24) is 0 Å². The van der Waals surface area contributed by atoms with Crippen LogP contribution in [0.2, 0.25) is 0 Å². The molecule has 0 radical (unpaired) electrons. The summed E-state index contributed by atoms with van der Waals surface area (Å²) in [5.74, 6) is -0.386. The van der Waals surface area contributed by atoms with E-state index in [9.17, 15) is 18.0 Å². The lowest BCUT2D eigenvalue weighted by Gasteiger charge is -2.17. The maximum absolute atomic E-state index is 12.7. The number of carbonyl (C=O) groups excluding carboxylic acids is 2. The third-order valence-electron chi connectivity index (χ3n) is 4.36. The minimum Gasteiger partial charge on any atom is -0.447 e. The molecule has 3 aromatic rings. The molecule has 4 rings (SSSR count). The Bertz CT molecular complexity index is 1180. The van der Waals surface area contributed by atoms with Crippen LogP contribution in [-0.4, -0.2) is 33.6 Å². The molecule has 1 aliphatic rings. The van der Waals surface area contributed by atoms with Crippen molar-refractivity contribution in [2.75, 3.05) is 28.1 Å². The molecule has 0 atom stereocenters. The quantitative estimate of drug-likeness (QED) is 0.604. The van der Waals surface area contributed by atoms with Gasteiger partial charge in [0.1, 0.15) is 10.8 Å². The predicted octanol–water partition coefficient (Wildman–Crippen LogP) is 3.76. The summed E-state index contributed by atoms with van der Waals surface area (Å²) in [5, 5.41) is 4.47. The van der Waals surface area contributed by atoms with Gasteiger partial charge in [-0.25, -0.2) is 13.2 Å². The molecule has 0 aliphatic carbocycles. The zero-order valence-electron chi connectivity index (χ0n) is 15.6. The third kappa shape index (κ3) is 4.14. The molecule has 0 bridgehead atoms. The number of amides is 2. The van der Waals surface area contributed by atoms with Crippen LogP contribution in [-0.2, 0) is 14.8 Å². The van der Waals surface area contributed by atoms with Gasteiger partial charge in [-0.2, -0.15) is 0 Å². The van der Waals surface area contributed by atoms with E-state index in [1.165, 1.54) is 35.2 Å². The minimum atomic E-state index is -3.65. The van der Waals surface area contributed by atoms with Crippen molar-refractivity contribution in [2.24, 2.45) is 0 Å². The summed E-state index contributed by atoms with van der Waals surface area (Å²) in [4.78, 5) is 26.0. The van der Waals surface area contributed by atoms with E-state index in [2.05, 4.69) is 10.0 Å². The van der Waals surface area contributed by atoms with E-state index in [1.807, 2.05) is 0 Å². The van der Waals surface area contributed by atoms with E-state index in [4.69, 9.17) is 4.74 Å². The van der Waals surface area contributed by atoms with Crippen LogP contribution in [0.5, 0.6) is 0 Å². The fraction of sp³-hybridized carbons (Fsp3) is 0.100. The van der Waals surface area contributed by atoms with E-state index in [0.717, 1.165) is 11.3 Å². The SMILES string of the molecule is O=C(Nc1ccccc1N1CCOC1=O)c1ccc(NS(=O)(=O)c2cccs2)cc1. The largest absolute Gasteiger partial charge is 0.447 e. The summed E-state index contributed by atoms with van der Waals surface area (Å²) >= 11 is 1.12. The number of nitrogens with one attached hydrogen (secondary N) is 2. The summed E-state index contributed by atoms with van der Waals surface area (Å²) < 4.78 is 32.2. The Balaban J connectivity index is 1.48. The van der Waals surface area contributed by atoms with Gasteiger partial charge in [0.15, 0.2) is 0 Å². The number of benzene rings is 2. The van der Waals surface area contributed by atoms with Gasteiger partial charge in [0.05, 0.1) is 17.9 Å². The van der Waals surface area contributed by atoms with Gasteiger partial charge in [-0.3, -0.25) is 14.4 Å². The number of nitrogens with zero attached hydrogens (tertiary/aromatic N) is 1. The second-order valence-corrected chi connectivity index (χ2v) is 9.21. The van der Waals surface area contributed by atoms with E-state index in [-0.39, 0.29) is 10.1 Å². The molecule has 1 aromatic heterocycles. The Morgan fingerprint density at radius 1 is 1.03 bits per heavy atom. The number of rotatable bonds is 6. The highest BCUT2D eigenvalue weighted by atomic mass is 32.2. The fourth-order valence-electron chi connectivity index (χ4n) is 2.93. The smallest absolute Gasteiger partial charge is 0.414 e. The topological polar surface area (TPSA) is 105 Å². The molecule has 2 amide bonds. The Hall–Kier alpha value is -3.37. The molecule has 154 valence electrons. The Morgan fingerprint density at radius 2 is 1.80 bits per heavy atom. The average Bonchev–Trinajstić information content (AvgIpc) is 3.41. The first-order valence-corrected chi connectivity index (χ1v) is 11.3. The maximum atomic E-state index is 12.7. The van der Waals surface area contributed by atoms with E-state index in [1.54, 1.807) is 35.7 Å². The van der Waals surface area contributed by atoms with Gasteiger partial charge in [0, 0.05) is 11.3 Å². The van der Waals surface area contributed by atoms with Crippen molar-refractivity contribution in [3.05, 3.63) is 71.6 Å². The van der Waals surface area contributed by atoms with Crippen LogP contribution in [0, 0.1) is 0 Å². The van der Waals surface area contributed by atoms with Crippen LogP contribution in [0.3, 0.4) is 0 Å². The summed E-state index contributed by atoms with van der Waals surface area (Å²) in [6.07, 6.45) is -0.459. The zero-order chi connectivity index (χ0) is 21.1. The van der Waals surface area contributed by atoms with E-state index < -0.39 is 16.1 Å². The number of thiophene rings is 1. The van der Waals surface area contributed by atoms with Gasteiger partial charge >= 0.3 is 6.09 Å². The number of ether oxygens (including phenoxy) is 1. The molecule has 2 aromatic carbocycles. The second-order valence-electron chi connectivity index (χ2n) is 6.35. The van der Waals surface area contributed by atoms with Gasteiger partial charge in [-0.05, 0) is 47.8 Å². The summed E-state index contributed by atoms with van der Waals surface area (Å²) in [6, 6.07) is 16.2. The number of sulfonamides is 1. The first kappa shape index (κ1) is 19.9. The molecular weight excluding hydrogens is 426 g/mol. The molecule has 0 spiro atoms. The van der Waals surface area contributed by atoms with E-state index >= 15 is 0 Å². The predicted molar refractivity (Wildman–Crippen MR) is 115 cm³/mol. The highest BCUT2D eigenvalue weighted by molar-refractivity contribution is 7.94. The highest BCUT2D eigenvalue weighted by Crippen LogP contribution is 2.28. The number of para-hydroxylation sites is 2. The van der Waals surface area contributed by atoms with Crippen molar-refractivity contribution >= 4 is 50.4 Å². The van der Waals surface area contributed by atoms with Gasteiger partial charge in [-0.1, -0.05) is 18.2 Å². The third-order valence-corrected chi connectivity index (χ3v) is 7.14. The van der Waals surface area contributed by atoms with Crippen molar-refractivity contribution in [2.45, 2.75) is 4.21 Å². The Kier molecular flexibility index (Phi) is 5.42. The second kappa shape index (κ2) is 8.17. The van der Waals surface area contributed by atoms with Gasteiger partial charge in [-0.15, -0.1) is 11.3 Å².